The summed E-state index contributed by atoms with van der Waals surface area (Å²) >= 11 is 1.77. The van der Waals surface area contributed by atoms with E-state index in [-0.39, 0.29) is 5.97 Å². The third kappa shape index (κ3) is 2.82. The van der Waals surface area contributed by atoms with Gasteiger partial charge < -0.3 is 4.74 Å². The van der Waals surface area contributed by atoms with E-state index in [1.165, 1.54) is 7.11 Å². The summed E-state index contributed by atoms with van der Waals surface area (Å²) in [5.41, 5.74) is 3.01. The van der Waals surface area contributed by atoms with E-state index in [9.17, 15) is 4.79 Å². The van der Waals surface area contributed by atoms with Gasteiger partial charge in [0.2, 0.25) is 0 Å². The maximum absolute atomic E-state index is 12.8. The van der Waals surface area contributed by atoms with E-state index in [1.54, 1.807) is 11.8 Å². The van der Waals surface area contributed by atoms with Crippen LogP contribution >= 0.6 is 11.8 Å². The van der Waals surface area contributed by atoms with Crippen LogP contribution in [0.4, 0.5) is 5.69 Å². The Morgan fingerprint density at radius 3 is 2.50 bits per heavy atom. The number of methoxy groups -OCH3 is 1. The Morgan fingerprint density at radius 1 is 1.12 bits per heavy atom. The van der Waals surface area contributed by atoms with E-state index in [0.717, 1.165) is 34.8 Å². The number of carbonyl (C=O) groups excluding carboxylic acids is 1. The first-order valence-electron chi connectivity index (χ1n) is 8.62. The predicted octanol–water partition coefficient (Wildman–Crippen LogP) is 4.20. The Morgan fingerprint density at radius 2 is 1.81 bits per heavy atom. The van der Waals surface area contributed by atoms with Crippen molar-refractivity contribution < 1.29 is 9.53 Å². The molecule has 4 rings (SSSR count). The Bertz CT molecular complexity index is 864. The van der Waals surface area contributed by atoms with Crippen LogP contribution in [0.15, 0.2) is 71.8 Å². The number of fused-ring (bicyclic) bond motifs is 1. The summed E-state index contributed by atoms with van der Waals surface area (Å²) in [4.78, 5) is 12.8. The van der Waals surface area contributed by atoms with Gasteiger partial charge in [0.1, 0.15) is 5.41 Å². The van der Waals surface area contributed by atoms with Gasteiger partial charge >= 0.3 is 5.97 Å². The molecular formula is C21H20N2O2S. The number of hydrogen-bond acceptors (Lipinski definition) is 5. The number of para-hydroxylation sites is 1. The van der Waals surface area contributed by atoms with Crippen molar-refractivity contribution in [2.75, 3.05) is 23.6 Å². The highest BCUT2D eigenvalue weighted by Gasteiger charge is 2.48. The second kappa shape index (κ2) is 7.00. The average Bonchev–Trinajstić information content (AvgIpc) is 2.73. The lowest BCUT2D eigenvalue weighted by Crippen LogP contribution is -2.47. The van der Waals surface area contributed by atoms with Gasteiger partial charge in [-0.1, -0.05) is 48.5 Å². The van der Waals surface area contributed by atoms with E-state index in [0.29, 0.717) is 5.75 Å². The number of anilines is 1. The normalized spacial score (nSPS) is 22.1. The number of thioether (sulfide) groups is 1. The van der Waals surface area contributed by atoms with Crippen LogP contribution in [0.2, 0.25) is 0 Å². The van der Waals surface area contributed by atoms with Crippen LogP contribution in [-0.2, 0) is 9.53 Å². The SMILES string of the molecule is COC(=O)C12C=C(c3ccccc3)N(c3ccccc3)N=C1CCSC2. The molecule has 0 aliphatic carbocycles. The number of rotatable bonds is 3. The van der Waals surface area contributed by atoms with Crippen molar-refractivity contribution in [2.45, 2.75) is 6.42 Å². The molecule has 2 heterocycles. The molecule has 4 nitrogen and oxygen atoms in total. The summed E-state index contributed by atoms with van der Waals surface area (Å²) in [5, 5.41) is 6.89. The highest BCUT2D eigenvalue weighted by atomic mass is 32.2. The quantitative estimate of drug-likeness (QED) is 0.766. The Hall–Kier alpha value is -2.53. The topological polar surface area (TPSA) is 41.9 Å². The zero-order valence-corrected chi connectivity index (χ0v) is 15.4. The van der Waals surface area contributed by atoms with Crippen LogP contribution in [0.25, 0.3) is 5.70 Å². The van der Waals surface area contributed by atoms with Gasteiger partial charge in [0.05, 0.1) is 24.2 Å². The van der Waals surface area contributed by atoms with E-state index < -0.39 is 5.41 Å². The minimum Gasteiger partial charge on any atom is -0.468 e. The fraction of sp³-hybridized carbons (Fsp3) is 0.238. The van der Waals surface area contributed by atoms with Gasteiger partial charge in [-0.25, -0.2) is 5.01 Å². The Kier molecular flexibility index (Phi) is 4.55. The second-order valence-corrected chi connectivity index (χ2v) is 7.46. The molecule has 2 aliphatic rings. The maximum atomic E-state index is 12.8. The maximum Gasteiger partial charge on any atom is 0.322 e. The fourth-order valence-corrected chi connectivity index (χ4v) is 4.61. The van der Waals surface area contributed by atoms with E-state index in [2.05, 4.69) is 6.08 Å². The number of carbonyl (C=O) groups is 1. The predicted molar refractivity (Wildman–Crippen MR) is 107 cm³/mol. The number of ether oxygens (including phenoxy) is 1. The fourth-order valence-electron chi connectivity index (χ4n) is 3.44. The first-order valence-corrected chi connectivity index (χ1v) is 9.78. The van der Waals surface area contributed by atoms with Crippen LogP contribution < -0.4 is 5.01 Å². The minimum absolute atomic E-state index is 0.232. The van der Waals surface area contributed by atoms with Crippen molar-refractivity contribution in [1.82, 2.24) is 0 Å². The summed E-state index contributed by atoms with van der Waals surface area (Å²) in [6, 6.07) is 20.1. The largest absolute Gasteiger partial charge is 0.468 e. The van der Waals surface area contributed by atoms with Gasteiger partial charge in [-0.3, -0.25) is 4.79 Å². The monoisotopic (exact) mass is 364 g/mol. The number of benzene rings is 2. The van der Waals surface area contributed by atoms with Crippen molar-refractivity contribution in [1.29, 1.82) is 0 Å². The highest BCUT2D eigenvalue weighted by Crippen LogP contribution is 2.43. The molecule has 2 aromatic rings. The van der Waals surface area contributed by atoms with Gasteiger partial charge in [0, 0.05) is 5.75 Å². The lowest BCUT2D eigenvalue weighted by atomic mass is 9.80. The van der Waals surface area contributed by atoms with E-state index in [1.807, 2.05) is 65.7 Å². The first kappa shape index (κ1) is 16.9. The van der Waals surface area contributed by atoms with Crippen LogP contribution in [0.1, 0.15) is 12.0 Å². The summed E-state index contributed by atoms with van der Waals surface area (Å²) in [6.07, 6.45) is 2.83. The van der Waals surface area contributed by atoms with Gasteiger partial charge in [0.15, 0.2) is 0 Å². The lowest BCUT2D eigenvalue weighted by Gasteiger charge is -2.39. The highest BCUT2D eigenvalue weighted by molar-refractivity contribution is 7.99. The molecule has 0 saturated carbocycles. The number of esters is 1. The van der Waals surface area contributed by atoms with Gasteiger partial charge in [-0.05, 0) is 35.9 Å². The Labute approximate surface area is 157 Å². The van der Waals surface area contributed by atoms with Crippen LogP contribution in [0.5, 0.6) is 0 Å². The molecule has 0 N–H and O–H groups in total. The molecule has 0 bridgehead atoms. The van der Waals surface area contributed by atoms with Crippen molar-refractivity contribution in [3.05, 3.63) is 72.3 Å². The zero-order chi connectivity index (χ0) is 18.0. The molecule has 1 saturated heterocycles. The number of nitrogens with zero attached hydrogens (tertiary/aromatic N) is 2. The molecular weight excluding hydrogens is 344 g/mol. The summed E-state index contributed by atoms with van der Waals surface area (Å²) in [5.74, 6) is 1.40. The molecule has 26 heavy (non-hydrogen) atoms. The molecule has 1 atom stereocenters. The molecule has 1 fully saturated rings. The molecule has 0 radical (unpaired) electrons. The smallest absolute Gasteiger partial charge is 0.322 e. The average molecular weight is 364 g/mol. The Balaban J connectivity index is 1.90. The molecule has 5 heteroatoms. The molecule has 0 aromatic heterocycles. The van der Waals surface area contributed by atoms with Crippen LogP contribution in [0, 0.1) is 5.41 Å². The zero-order valence-electron chi connectivity index (χ0n) is 14.6. The van der Waals surface area contributed by atoms with Gasteiger partial charge in [-0.2, -0.15) is 16.9 Å². The van der Waals surface area contributed by atoms with Crippen LogP contribution in [0.3, 0.4) is 0 Å². The van der Waals surface area contributed by atoms with E-state index in [4.69, 9.17) is 9.84 Å². The molecule has 2 aromatic carbocycles. The molecule has 1 unspecified atom stereocenters. The molecule has 0 amide bonds. The second-order valence-electron chi connectivity index (χ2n) is 6.36. The molecule has 2 aliphatic heterocycles. The van der Waals surface area contributed by atoms with Gasteiger partial charge in [0.25, 0.3) is 0 Å². The third-order valence-electron chi connectivity index (χ3n) is 4.78. The standard InChI is InChI=1S/C21H20N2O2S/c1-25-20(24)21-14-18(16-8-4-2-5-9-16)23(17-10-6-3-7-11-17)22-19(21)12-13-26-15-21/h2-11,14H,12-13,15H2,1H3. The number of hydrazone groups is 1. The molecule has 0 spiro atoms. The summed E-state index contributed by atoms with van der Waals surface area (Å²) < 4.78 is 5.18. The van der Waals surface area contributed by atoms with E-state index >= 15 is 0 Å². The molecule has 132 valence electrons. The lowest BCUT2D eigenvalue weighted by molar-refractivity contribution is -0.145. The minimum atomic E-state index is -0.784. The van der Waals surface area contributed by atoms with Crippen molar-refractivity contribution in [2.24, 2.45) is 10.5 Å². The first-order chi connectivity index (χ1) is 12.7. The van der Waals surface area contributed by atoms with Gasteiger partial charge in [-0.15, -0.1) is 0 Å². The van der Waals surface area contributed by atoms with Crippen molar-refractivity contribution in [3.8, 4) is 0 Å². The van der Waals surface area contributed by atoms with Crippen molar-refractivity contribution in [3.63, 3.8) is 0 Å². The summed E-state index contributed by atoms with van der Waals surface area (Å²) in [6.45, 7) is 0. The third-order valence-corrected chi connectivity index (χ3v) is 5.93. The van der Waals surface area contributed by atoms with Crippen molar-refractivity contribution >= 4 is 34.8 Å². The summed E-state index contributed by atoms with van der Waals surface area (Å²) in [7, 11) is 1.45. The number of hydrogen-bond donors (Lipinski definition) is 0. The van der Waals surface area contributed by atoms with Crippen LogP contribution in [-0.4, -0.2) is 30.3 Å².